The summed E-state index contributed by atoms with van der Waals surface area (Å²) in [5, 5.41) is 0. The van der Waals surface area contributed by atoms with E-state index in [9.17, 15) is 0 Å². The lowest BCUT2D eigenvalue weighted by Crippen LogP contribution is -2.43. The smallest absolute Gasteiger partial charge is 0.120 e. The van der Waals surface area contributed by atoms with Crippen LogP contribution < -0.4 is 4.90 Å². The molecule has 0 amide bonds. The van der Waals surface area contributed by atoms with Gasteiger partial charge in [0.25, 0.3) is 0 Å². The Morgan fingerprint density at radius 3 is 3.00 bits per heavy atom. The van der Waals surface area contributed by atoms with Gasteiger partial charge in [-0.15, -0.1) is 0 Å². The van der Waals surface area contributed by atoms with Crippen LogP contribution in [0.2, 0.25) is 0 Å². The van der Waals surface area contributed by atoms with Crippen molar-refractivity contribution in [3.63, 3.8) is 0 Å². The summed E-state index contributed by atoms with van der Waals surface area (Å²) in [5.41, 5.74) is 2.81. The number of allylic oxidation sites excluding steroid dienone is 2. The van der Waals surface area contributed by atoms with E-state index in [4.69, 9.17) is 0 Å². The van der Waals surface area contributed by atoms with Crippen LogP contribution in [0.1, 0.15) is 5.56 Å². The van der Waals surface area contributed by atoms with Crippen LogP contribution in [0.25, 0.3) is 0 Å². The fourth-order valence-corrected chi connectivity index (χ4v) is 2.98. The monoisotopic (exact) mass is 290 g/mol. The van der Waals surface area contributed by atoms with Crippen LogP contribution >= 0.6 is 15.9 Å². The van der Waals surface area contributed by atoms with E-state index in [2.05, 4.69) is 75.4 Å². The Labute approximate surface area is 110 Å². The Hall–Kier alpha value is -1.22. The van der Waals surface area contributed by atoms with Gasteiger partial charge < -0.3 is 9.80 Å². The Bertz CT molecular complexity index is 493. The molecule has 1 unspecified atom stereocenters. The number of nitrogens with zero attached hydrogens (tertiary/aromatic N) is 2. The average molecular weight is 291 g/mol. The first-order valence-electron chi connectivity index (χ1n) is 5.88. The van der Waals surface area contributed by atoms with E-state index in [1.54, 1.807) is 0 Å². The zero-order valence-electron chi connectivity index (χ0n) is 9.81. The molecule has 1 atom stereocenters. The van der Waals surface area contributed by atoms with Crippen molar-refractivity contribution >= 4 is 21.6 Å². The van der Waals surface area contributed by atoms with Crippen LogP contribution in [0.4, 0.5) is 5.69 Å². The average Bonchev–Trinajstić information content (AvgIpc) is 2.72. The topological polar surface area (TPSA) is 6.48 Å². The fourth-order valence-electron chi connectivity index (χ4n) is 2.57. The van der Waals surface area contributed by atoms with Crippen molar-refractivity contribution in [2.45, 2.75) is 12.6 Å². The molecule has 0 saturated heterocycles. The van der Waals surface area contributed by atoms with Crippen molar-refractivity contribution < 1.29 is 0 Å². The fraction of sp³-hybridized carbons (Fsp3) is 0.286. The number of hydrogen-bond acceptors (Lipinski definition) is 2. The lowest BCUT2D eigenvalue weighted by molar-refractivity contribution is 0.369. The second-order valence-electron chi connectivity index (χ2n) is 4.52. The highest BCUT2D eigenvalue weighted by Crippen LogP contribution is 2.33. The van der Waals surface area contributed by atoms with E-state index in [1.807, 2.05) is 0 Å². The number of rotatable bonds is 1. The van der Waals surface area contributed by atoms with Crippen LogP contribution in [0.5, 0.6) is 0 Å². The second kappa shape index (κ2) is 4.22. The largest absolute Gasteiger partial charge is 0.357 e. The van der Waals surface area contributed by atoms with Gasteiger partial charge in [0.1, 0.15) is 6.17 Å². The third-order valence-electron chi connectivity index (χ3n) is 3.43. The molecule has 2 nitrogen and oxygen atoms in total. The Balaban J connectivity index is 1.93. The number of halogens is 1. The molecular weight excluding hydrogens is 276 g/mol. The third kappa shape index (κ3) is 1.89. The van der Waals surface area contributed by atoms with E-state index in [-0.39, 0.29) is 0 Å². The summed E-state index contributed by atoms with van der Waals surface area (Å²) in [6, 6.07) is 6.57. The highest BCUT2D eigenvalue weighted by atomic mass is 79.9. The summed E-state index contributed by atoms with van der Waals surface area (Å²) in [4.78, 5) is 4.71. The first-order valence-corrected chi connectivity index (χ1v) is 6.67. The van der Waals surface area contributed by atoms with Crippen molar-refractivity contribution in [3.05, 3.63) is 52.7 Å². The molecule has 2 aliphatic rings. The minimum atomic E-state index is 0.349. The molecule has 17 heavy (non-hydrogen) atoms. The highest BCUT2D eigenvalue weighted by molar-refractivity contribution is 9.10. The quantitative estimate of drug-likeness (QED) is 0.784. The molecule has 0 bridgehead atoms. The van der Waals surface area contributed by atoms with Crippen molar-refractivity contribution in [3.8, 4) is 0 Å². The van der Waals surface area contributed by atoms with Gasteiger partial charge in [-0.2, -0.15) is 0 Å². The van der Waals surface area contributed by atoms with E-state index in [0.717, 1.165) is 13.0 Å². The van der Waals surface area contributed by atoms with E-state index in [1.165, 1.54) is 15.7 Å². The van der Waals surface area contributed by atoms with Crippen LogP contribution in [0, 0.1) is 0 Å². The van der Waals surface area contributed by atoms with Gasteiger partial charge in [-0.25, -0.2) is 0 Å². The van der Waals surface area contributed by atoms with Crippen LogP contribution in [0.15, 0.2) is 47.1 Å². The molecule has 0 aliphatic carbocycles. The molecule has 0 N–H and O–H groups in total. The summed E-state index contributed by atoms with van der Waals surface area (Å²) in [6.07, 6.45) is 10.1. The maximum absolute atomic E-state index is 3.54. The minimum Gasteiger partial charge on any atom is -0.357 e. The lowest BCUT2D eigenvalue weighted by Gasteiger charge is -2.35. The maximum atomic E-state index is 3.54. The predicted octanol–water partition coefficient (Wildman–Crippen LogP) is 3.15. The summed E-state index contributed by atoms with van der Waals surface area (Å²) < 4.78 is 1.17. The number of likely N-dealkylation sites (N-methyl/N-ethyl adjacent to an activating group) is 1. The van der Waals surface area contributed by atoms with Gasteiger partial charge in [-0.05, 0) is 42.3 Å². The SMILES string of the molecule is CN1C=CC=CC1N1CCc2cc(Br)ccc21. The van der Waals surface area contributed by atoms with Crippen LogP contribution in [-0.4, -0.2) is 24.7 Å². The molecule has 1 aromatic rings. The predicted molar refractivity (Wildman–Crippen MR) is 75.0 cm³/mol. The van der Waals surface area contributed by atoms with Crippen molar-refractivity contribution in [2.75, 3.05) is 18.5 Å². The normalized spacial score (nSPS) is 22.1. The molecule has 3 heteroatoms. The highest BCUT2D eigenvalue weighted by Gasteiger charge is 2.26. The summed E-state index contributed by atoms with van der Waals surface area (Å²) in [7, 11) is 2.13. The molecule has 0 radical (unpaired) electrons. The van der Waals surface area contributed by atoms with Gasteiger partial charge in [-0.3, -0.25) is 0 Å². The summed E-state index contributed by atoms with van der Waals surface area (Å²) in [5.74, 6) is 0. The second-order valence-corrected chi connectivity index (χ2v) is 5.44. The number of benzene rings is 1. The molecule has 2 aliphatic heterocycles. The maximum Gasteiger partial charge on any atom is 0.120 e. The molecule has 0 fully saturated rings. The molecule has 0 saturated carbocycles. The zero-order chi connectivity index (χ0) is 11.8. The molecule has 88 valence electrons. The molecule has 3 rings (SSSR count). The number of fused-ring (bicyclic) bond motifs is 1. The Morgan fingerprint density at radius 1 is 1.29 bits per heavy atom. The Morgan fingerprint density at radius 2 is 2.18 bits per heavy atom. The van der Waals surface area contributed by atoms with E-state index < -0.39 is 0 Å². The van der Waals surface area contributed by atoms with Crippen LogP contribution in [0.3, 0.4) is 0 Å². The first kappa shape index (κ1) is 10.9. The van der Waals surface area contributed by atoms with Gasteiger partial charge >= 0.3 is 0 Å². The van der Waals surface area contributed by atoms with Gasteiger partial charge in [0.05, 0.1) is 0 Å². The standard InChI is InChI=1S/C14H15BrN2/c1-16-8-3-2-4-14(16)17-9-7-11-10-12(15)5-6-13(11)17/h2-6,8,10,14H,7,9H2,1H3. The van der Waals surface area contributed by atoms with Crippen molar-refractivity contribution in [1.29, 1.82) is 0 Å². The minimum absolute atomic E-state index is 0.349. The summed E-state index contributed by atoms with van der Waals surface area (Å²) >= 11 is 3.54. The van der Waals surface area contributed by atoms with Gasteiger partial charge in [0.2, 0.25) is 0 Å². The van der Waals surface area contributed by atoms with Crippen LogP contribution in [-0.2, 0) is 6.42 Å². The lowest BCUT2D eigenvalue weighted by atomic mass is 10.2. The molecule has 2 heterocycles. The molecule has 1 aromatic carbocycles. The molecular formula is C14H15BrN2. The van der Waals surface area contributed by atoms with E-state index in [0.29, 0.717) is 6.17 Å². The first-order chi connectivity index (χ1) is 8.25. The van der Waals surface area contributed by atoms with Gasteiger partial charge in [0, 0.05) is 30.0 Å². The van der Waals surface area contributed by atoms with Crippen molar-refractivity contribution in [2.24, 2.45) is 0 Å². The number of hydrogen-bond donors (Lipinski definition) is 0. The summed E-state index contributed by atoms with van der Waals surface area (Å²) in [6.45, 7) is 1.10. The number of anilines is 1. The molecule has 0 spiro atoms. The Kier molecular flexibility index (Phi) is 2.71. The third-order valence-corrected chi connectivity index (χ3v) is 3.92. The van der Waals surface area contributed by atoms with Crippen molar-refractivity contribution in [1.82, 2.24) is 4.90 Å². The van der Waals surface area contributed by atoms with Gasteiger partial charge in [0.15, 0.2) is 0 Å². The van der Waals surface area contributed by atoms with Gasteiger partial charge in [-0.1, -0.05) is 22.0 Å². The molecule has 0 aromatic heterocycles. The zero-order valence-corrected chi connectivity index (χ0v) is 11.4. The van der Waals surface area contributed by atoms with E-state index >= 15 is 0 Å².